The SMILES string of the molecule is CCCCOP(OCCCC)OCCCC.[V]. The second-order valence-corrected chi connectivity index (χ2v) is 5.01. The van der Waals surface area contributed by atoms with Crippen LogP contribution in [-0.4, -0.2) is 19.8 Å². The van der Waals surface area contributed by atoms with Crippen molar-refractivity contribution in [1.29, 1.82) is 0 Å². The van der Waals surface area contributed by atoms with Crippen molar-refractivity contribution >= 4 is 8.60 Å². The Kier molecular flexibility index (Phi) is 20.1. The maximum Gasteiger partial charge on any atom is 0.332 e. The van der Waals surface area contributed by atoms with Crippen LogP contribution in [-0.2, 0) is 32.1 Å². The number of unbranched alkanes of at least 4 members (excludes halogenated alkanes) is 3. The van der Waals surface area contributed by atoms with Crippen LogP contribution < -0.4 is 0 Å². The van der Waals surface area contributed by atoms with E-state index in [9.17, 15) is 0 Å². The molecule has 0 aromatic rings. The first kappa shape index (κ1) is 20.2. The van der Waals surface area contributed by atoms with Crippen LogP contribution in [0.1, 0.15) is 59.3 Å². The van der Waals surface area contributed by atoms with Gasteiger partial charge in [-0.2, -0.15) is 0 Å². The Labute approximate surface area is 120 Å². The Morgan fingerprint density at radius 2 is 0.941 bits per heavy atom. The van der Waals surface area contributed by atoms with E-state index in [2.05, 4.69) is 20.8 Å². The average molecular weight is 301 g/mol. The van der Waals surface area contributed by atoms with E-state index < -0.39 is 8.60 Å². The van der Waals surface area contributed by atoms with E-state index in [0.717, 1.165) is 58.3 Å². The summed E-state index contributed by atoms with van der Waals surface area (Å²) in [5.74, 6) is 0. The van der Waals surface area contributed by atoms with Crippen molar-refractivity contribution in [3.05, 3.63) is 0 Å². The summed E-state index contributed by atoms with van der Waals surface area (Å²) in [7, 11) is -1.10. The molecule has 0 N–H and O–H groups in total. The Balaban J connectivity index is 0. The quantitative estimate of drug-likeness (QED) is 0.387. The second-order valence-electron chi connectivity index (χ2n) is 3.78. The van der Waals surface area contributed by atoms with Crippen molar-refractivity contribution in [2.75, 3.05) is 19.8 Å². The Morgan fingerprint density at radius 3 is 1.18 bits per heavy atom. The number of hydrogen-bond acceptors (Lipinski definition) is 3. The van der Waals surface area contributed by atoms with Crippen molar-refractivity contribution in [3.63, 3.8) is 0 Å². The summed E-state index contributed by atoms with van der Waals surface area (Å²) < 4.78 is 16.8. The fourth-order valence-electron chi connectivity index (χ4n) is 0.962. The van der Waals surface area contributed by atoms with Gasteiger partial charge < -0.3 is 13.6 Å². The van der Waals surface area contributed by atoms with Gasteiger partial charge in [0.1, 0.15) is 0 Å². The fraction of sp³-hybridized carbons (Fsp3) is 1.00. The zero-order valence-corrected chi connectivity index (χ0v) is 13.8. The maximum atomic E-state index is 5.60. The molecule has 0 saturated carbocycles. The molecule has 103 valence electrons. The van der Waals surface area contributed by atoms with Crippen molar-refractivity contribution < 1.29 is 32.1 Å². The number of rotatable bonds is 12. The van der Waals surface area contributed by atoms with Gasteiger partial charge in [0.05, 0.1) is 19.8 Å². The van der Waals surface area contributed by atoms with Gasteiger partial charge >= 0.3 is 8.60 Å². The van der Waals surface area contributed by atoms with Gasteiger partial charge in [-0.15, -0.1) is 0 Å². The molecule has 0 aliphatic rings. The molecule has 0 aliphatic heterocycles. The zero-order chi connectivity index (χ0) is 12.1. The van der Waals surface area contributed by atoms with Crippen LogP contribution in [0.3, 0.4) is 0 Å². The molecule has 0 aliphatic carbocycles. The minimum absolute atomic E-state index is 0. The van der Waals surface area contributed by atoms with Crippen LogP contribution in [0.2, 0.25) is 0 Å². The Morgan fingerprint density at radius 1 is 0.647 bits per heavy atom. The first-order chi connectivity index (χ1) is 7.85. The normalized spacial score (nSPS) is 10.6. The van der Waals surface area contributed by atoms with E-state index in [1.807, 2.05) is 0 Å². The first-order valence-electron chi connectivity index (χ1n) is 6.54. The molecule has 0 rings (SSSR count). The standard InChI is InChI=1S/C12H27O3P.V/c1-4-7-10-13-16(14-11-8-5-2)15-12-9-6-3;/h4-12H2,1-3H3;. The third-order valence-corrected chi connectivity index (χ3v) is 3.26. The van der Waals surface area contributed by atoms with Gasteiger partial charge in [0.2, 0.25) is 0 Å². The van der Waals surface area contributed by atoms with E-state index in [1.165, 1.54) is 0 Å². The minimum Gasteiger partial charge on any atom is -0.312 e. The minimum atomic E-state index is -1.10. The zero-order valence-electron chi connectivity index (χ0n) is 11.5. The molecular weight excluding hydrogens is 274 g/mol. The van der Waals surface area contributed by atoms with Crippen LogP contribution >= 0.6 is 8.60 Å². The molecule has 1 radical (unpaired) electrons. The second kappa shape index (κ2) is 16.9. The van der Waals surface area contributed by atoms with Gasteiger partial charge in [-0.05, 0) is 19.3 Å². The summed E-state index contributed by atoms with van der Waals surface area (Å²) in [6, 6.07) is 0. The Bertz CT molecular complexity index is 115. The predicted octanol–water partition coefficient (Wildman–Crippen LogP) is 4.66. The molecule has 3 nitrogen and oxygen atoms in total. The van der Waals surface area contributed by atoms with E-state index in [1.54, 1.807) is 0 Å². The molecule has 17 heavy (non-hydrogen) atoms. The molecule has 0 amide bonds. The van der Waals surface area contributed by atoms with E-state index in [4.69, 9.17) is 13.6 Å². The van der Waals surface area contributed by atoms with Gasteiger partial charge in [-0.3, -0.25) is 0 Å². The van der Waals surface area contributed by atoms with E-state index in [0.29, 0.717) is 0 Å². The topological polar surface area (TPSA) is 27.7 Å². The van der Waals surface area contributed by atoms with Crippen LogP contribution in [0.4, 0.5) is 0 Å². The molecule has 0 unspecified atom stereocenters. The Hall–Kier alpha value is 0.894. The van der Waals surface area contributed by atoms with Crippen molar-refractivity contribution in [2.24, 2.45) is 0 Å². The molecule has 0 heterocycles. The van der Waals surface area contributed by atoms with Crippen molar-refractivity contribution in [3.8, 4) is 0 Å². The van der Waals surface area contributed by atoms with Crippen LogP contribution in [0.15, 0.2) is 0 Å². The van der Waals surface area contributed by atoms with Crippen LogP contribution in [0.5, 0.6) is 0 Å². The van der Waals surface area contributed by atoms with E-state index in [-0.39, 0.29) is 18.6 Å². The summed E-state index contributed by atoms with van der Waals surface area (Å²) >= 11 is 0. The van der Waals surface area contributed by atoms with Crippen LogP contribution in [0, 0.1) is 0 Å². The third-order valence-electron chi connectivity index (χ3n) is 2.08. The molecule has 0 spiro atoms. The first-order valence-corrected chi connectivity index (χ1v) is 7.63. The monoisotopic (exact) mass is 301 g/mol. The summed E-state index contributed by atoms with van der Waals surface area (Å²) in [5.41, 5.74) is 0. The average Bonchev–Trinajstić information content (AvgIpc) is 2.29. The predicted molar refractivity (Wildman–Crippen MR) is 69.5 cm³/mol. The molecular formula is C12H27O3PV. The third kappa shape index (κ3) is 14.8. The van der Waals surface area contributed by atoms with Gasteiger partial charge in [-0.25, -0.2) is 0 Å². The molecule has 5 heteroatoms. The number of hydrogen-bond donors (Lipinski definition) is 0. The van der Waals surface area contributed by atoms with Gasteiger partial charge in [-0.1, -0.05) is 40.0 Å². The molecule has 0 fully saturated rings. The van der Waals surface area contributed by atoms with Crippen molar-refractivity contribution in [2.45, 2.75) is 59.3 Å². The summed E-state index contributed by atoms with van der Waals surface area (Å²) in [6.45, 7) is 8.71. The van der Waals surface area contributed by atoms with Crippen molar-refractivity contribution in [1.82, 2.24) is 0 Å². The summed E-state index contributed by atoms with van der Waals surface area (Å²) in [6.07, 6.45) is 6.67. The summed E-state index contributed by atoms with van der Waals surface area (Å²) in [4.78, 5) is 0. The molecule has 0 atom stereocenters. The fourth-order valence-corrected chi connectivity index (χ4v) is 2.02. The summed E-state index contributed by atoms with van der Waals surface area (Å²) in [5, 5.41) is 0. The largest absolute Gasteiger partial charge is 0.332 e. The molecule has 0 bridgehead atoms. The molecule has 0 saturated heterocycles. The van der Waals surface area contributed by atoms with Gasteiger partial charge in [0.15, 0.2) is 0 Å². The molecule has 0 aromatic carbocycles. The maximum absolute atomic E-state index is 5.60. The van der Waals surface area contributed by atoms with Crippen LogP contribution in [0.25, 0.3) is 0 Å². The smallest absolute Gasteiger partial charge is 0.312 e. The van der Waals surface area contributed by atoms with E-state index >= 15 is 0 Å². The molecule has 0 aromatic heterocycles. The van der Waals surface area contributed by atoms with Gasteiger partial charge in [0.25, 0.3) is 0 Å². The van der Waals surface area contributed by atoms with Gasteiger partial charge in [0, 0.05) is 18.6 Å².